The molecule has 2 aromatic rings. The second-order valence-electron chi connectivity index (χ2n) is 4.57. The standard InChI is InChI=1S/C16H17N3O3/c1-10-9-11(18-19-17)5-6-12(10)13-7-8-14(20-2)16(22-4)15(13)21-3/h5-9H,1-4H3. The number of hydrogen-bond donors (Lipinski definition) is 0. The number of hydrogen-bond acceptors (Lipinski definition) is 4. The maximum atomic E-state index is 8.51. The van der Waals surface area contributed by atoms with Crippen molar-refractivity contribution in [3.05, 3.63) is 46.3 Å². The Kier molecular flexibility index (Phi) is 4.76. The van der Waals surface area contributed by atoms with Gasteiger partial charge in [0.2, 0.25) is 5.75 Å². The zero-order valence-corrected chi connectivity index (χ0v) is 13.0. The van der Waals surface area contributed by atoms with Crippen LogP contribution >= 0.6 is 0 Å². The molecule has 0 heterocycles. The third-order valence-electron chi connectivity index (χ3n) is 3.36. The van der Waals surface area contributed by atoms with E-state index < -0.39 is 0 Å². The molecule has 22 heavy (non-hydrogen) atoms. The fourth-order valence-electron chi connectivity index (χ4n) is 2.38. The Bertz CT molecular complexity index is 738. The van der Waals surface area contributed by atoms with Crippen LogP contribution in [0.2, 0.25) is 0 Å². The van der Waals surface area contributed by atoms with Gasteiger partial charge in [0.15, 0.2) is 11.5 Å². The largest absolute Gasteiger partial charge is 0.493 e. The van der Waals surface area contributed by atoms with Gasteiger partial charge in [-0.2, -0.15) is 0 Å². The lowest BCUT2D eigenvalue weighted by Crippen LogP contribution is -1.97. The number of ether oxygens (including phenoxy) is 3. The van der Waals surface area contributed by atoms with Crippen molar-refractivity contribution >= 4 is 5.69 Å². The van der Waals surface area contributed by atoms with Crippen LogP contribution in [0, 0.1) is 6.92 Å². The van der Waals surface area contributed by atoms with Crippen LogP contribution in [0.3, 0.4) is 0 Å². The Morgan fingerprint density at radius 3 is 2.14 bits per heavy atom. The number of aryl methyl sites for hydroxylation is 1. The summed E-state index contributed by atoms with van der Waals surface area (Å²) in [6, 6.07) is 9.22. The third-order valence-corrected chi connectivity index (χ3v) is 3.36. The smallest absolute Gasteiger partial charge is 0.203 e. The van der Waals surface area contributed by atoms with E-state index in [0.717, 1.165) is 16.7 Å². The number of azide groups is 1. The summed E-state index contributed by atoms with van der Waals surface area (Å²) in [6.07, 6.45) is 0. The molecule has 0 spiro atoms. The minimum absolute atomic E-state index is 0.543. The summed E-state index contributed by atoms with van der Waals surface area (Å²) in [4.78, 5) is 2.80. The summed E-state index contributed by atoms with van der Waals surface area (Å²) in [6.45, 7) is 1.95. The second kappa shape index (κ2) is 6.74. The molecule has 0 saturated carbocycles. The molecule has 2 aromatic carbocycles. The van der Waals surface area contributed by atoms with Gasteiger partial charge in [-0.25, -0.2) is 0 Å². The van der Waals surface area contributed by atoms with Crippen molar-refractivity contribution in [3.8, 4) is 28.4 Å². The van der Waals surface area contributed by atoms with E-state index in [1.165, 1.54) is 0 Å². The summed E-state index contributed by atoms with van der Waals surface area (Å²) in [7, 11) is 4.74. The molecule has 0 fully saturated rings. The van der Waals surface area contributed by atoms with E-state index in [-0.39, 0.29) is 0 Å². The van der Waals surface area contributed by atoms with Crippen molar-refractivity contribution in [2.24, 2.45) is 5.11 Å². The second-order valence-corrected chi connectivity index (χ2v) is 4.57. The van der Waals surface area contributed by atoms with Gasteiger partial charge in [-0.3, -0.25) is 0 Å². The van der Waals surface area contributed by atoms with Crippen LogP contribution in [0.5, 0.6) is 17.2 Å². The Hall–Kier alpha value is -2.85. The minimum Gasteiger partial charge on any atom is -0.493 e. The zero-order valence-electron chi connectivity index (χ0n) is 13.0. The first kappa shape index (κ1) is 15.5. The first-order valence-corrected chi connectivity index (χ1v) is 6.61. The Morgan fingerprint density at radius 1 is 0.909 bits per heavy atom. The molecule has 6 heteroatoms. The van der Waals surface area contributed by atoms with Crippen molar-refractivity contribution in [3.63, 3.8) is 0 Å². The van der Waals surface area contributed by atoms with Gasteiger partial charge in [0.25, 0.3) is 0 Å². The van der Waals surface area contributed by atoms with E-state index in [1.807, 2.05) is 31.2 Å². The summed E-state index contributed by atoms with van der Waals surface area (Å²) < 4.78 is 16.2. The molecular weight excluding hydrogens is 282 g/mol. The molecule has 0 atom stereocenters. The molecular formula is C16H17N3O3. The van der Waals surface area contributed by atoms with Crippen LogP contribution in [0.25, 0.3) is 21.6 Å². The summed E-state index contributed by atoms with van der Waals surface area (Å²) >= 11 is 0. The monoisotopic (exact) mass is 299 g/mol. The average Bonchev–Trinajstić information content (AvgIpc) is 2.54. The summed E-state index contributed by atoms with van der Waals surface area (Å²) in [5.74, 6) is 1.74. The minimum atomic E-state index is 0.543. The van der Waals surface area contributed by atoms with Gasteiger partial charge in [-0.05, 0) is 41.8 Å². The lowest BCUT2D eigenvalue weighted by Gasteiger charge is -2.17. The predicted octanol–water partition coefficient (Wildman–Crippen LogP) is 4.63. The van der Waals surface area contributed by atoms with Crippen molar-refractivity contribution in [1.29, 1.82) is 0 Å². The molecule has 0 aliphatic carbocycles. The van der Waals surface area contributed by atoms with Crippen molar-refractivity contribution < 1.29 is 14.2 Å². The summed E-state index contributed by atoms with van der Waals surface area (Å²) in [5.41, 5.74) is 11.9. The maximum absolute atomic E-state index is 8.51. The molecule has 0 unspecified atom stereocenters. The molecule has 0 aromatic heterocycles. The van der Waals surface area contributed by atoms with Gasteiger partial charge in [0.05, 0.1) is 21.3 Å². The highest BCUT2D eigenvalue weighted by atomic mass is 16.5. The Morgan fingerprint density at radius 2 is 1.59 bits per heavy atom. The van der Waals surface area contributed by atoms with Crippen LogP contribution in [-0.2, 0) is 0 Å². The summed E-state index contributed by atoms with van der Waals surface area (Å²) in [5, 5.41) is 3.61. The van der Waals surface area contributed by atoms with E-state index in [4.69, 9.17) is 19.7 Å². The number of nitrogens with zero attached hydrogens (tertiary/aromatic N) is 3. The molecule has 6 nitrogen and oxygen atoms in total. The molecule has 0 aliphatic heterocycles. The molecule has 2 rings (SSSR count). The highest BCUT2D eigenvalue weighted by Gasteiger charge is 2.18. The highest BCUT2D eigenvalue weighted by Crippen LogP contribution is 2.45. The lowest BCUT2D eigenvalue weighted by molar-refractivity contribution is 0.325. The van der Waals surface area contributed by atoms with E-state index in [1.54, 1.807) is 27.4 Å². The molecule has 0 radical (unpaired) electrons. The van der Waals surface area contributed by atoms with E-state index >= 15 is 0 Å². The van der Waals surface area contributed by atoms with Crippen LogP contribution < -0.4 is 14.2 Å². The topological polar surface area (TPSA) is 76.5 Å². The molecule has 0 saturated heterocycles. The Labute approximate surface area is 128 Å². The Balaban J connectivity index is 2.64. The van der Waals surface area contributed by atoms with Gasteiger partial charge in [0, 0.05) is 16.2 Å². The van der Waals surface area contributed by atoms with E-state index in [0.29, 0.717) is 22.9 Å². The SMILES string of the molecule is COc1ccc(-c2ccc(N=[N+]=[N-])cc2C)c(OC)c1OC. The molecule has 0 amide bonds. The molecule has 114 valence electrons. The first-order valence-electron chi connectivity index (χ1n) is 6.61. The van der Waals surface area contributed by atoms with Crippen molar-refractivity contribution in [2.75, 3.05) is 21.3 Å². The fraction of sp³-hybridized carbons (Fsp3) is 0.250. The quantitative estimate of drug-likeness (QED) is 0.459. The van der Waals surface area contributed by atoms with Crippen molar-refractivity contribution in [1.82, 2.24) is 0 Å². The highest BCUT2D eigenvalue weighted by molar-refractivity contribution is 5.79. The number of methoxy groups -OCH3 is 3. The number of benzene rings is 2. The normalized spacial score (nSPS) is 9.82. The van der Waals surface area contributed by atoms with Crippen LogP contribution in [0.4, 0.5) is 5.69 Å². The molecule has 0 bridgehead atoms. The zero-order chi connectivity index (χ0) is 16.1. The first-order chi connectivity index (χ1) is 10.7. The average molecular weight is 299 g/mol. The number of rotatable bonds is 5. The van der Waals surface area contributed by atoms with Gasteiger partial charge in [-0.15, -0.1) is 0 Å². The fourth-order valence-corrected chi connectivity index (χ4v) is 2.38. The van der Waals surface area contributed by atoms with Gasteiger partial charge < -0.3 is 14.2 Å². The lowest BCUT2D eigenvalue weighted by atomic mass is 9.98. The van der Waals surface area contributed by atoms with E-state index in [9.17, 15) is 0 Å². The van der Waals surface area contributed by atoms with E-state index in [2.05, 4.69) is 10.0 Å². The molecule has 0 aliphatic rings. The third kappa shape index (κ3) is 2.77. The van der Waals surface area contributed by atoms with Gasteiger partial charge in [0.1, 0.15) is 0 Å². The van der Waals surface area contributed by atoms with Crippen LogP contribution in [0.15, 0.2) is 35.4 Å². The van der Waals surface area contributed by atoms with Gasteiger partial charge >= 0.3 is 0 Å². The van der Waals surface area contributed by atoms with Crippen LogP contribution in [-0.4, -0.2) is 21.3 Å². The predicted molar refractivity (Wildman–Crippen MR) is 85.1 cm³/mol. The van der Waals surface area contributed by atoms with Crippen molar-refractivity contribution in [2.45, 2.75) is 6.92 Å². The van der Waals surface area contributed by atoms with Crippen LogP contribution in [0.1, 0.15) is 5.56 Å². The van der Waals surface area contributed by atoms with Gasteiger partial charge in [-0.1, -0.05) is 17.2 Å². The molecule has 0 N–H and O–H groups in total. The maximum Gasteiger partial charge on any atom is 0.203 e.